The van der Waals surface area contributed by atoms with Gasteiger partial charge in [-0.15, -0.1) is 17.9 Å². The summed E-state index contributed by atoms with van der Waals surface area (Å²) >= 11 is 6.60. The zero-order chi connectivity index (χ0) is 23.0. The number of nitrogens with zero attached hydrogens (tertiary/aromatic N) is 3. The van der Waals surface area contributed by atoms with Crippen molar-refractivity contribution in [2.24, 2.45) is 0 Å². The number of rotatable bonds is 10. The maximum atomic E-state index is 12.4. The quantitative estimate of drug-likeness (QED) is 0.254. The van der Waals surface area contributed by atoms with Gasteiger partial charge in [0.1, 0.15) is 11.6 Å². The molecule has 4 rings (SSSR count). The highest BCUT2D eigenvalue weighted by Gasteiger charge is 2.12. The third-order valence-corrected chi connectivity index (χ3v) is 5.97. The fourth-order valence-corrected chi connectivity index (χ4v) is 4.27. The Kier molecular flexibility index (Phi) is 7.43. The molecule has 7 nitrogen and oxygen atoms in total. The first-order valence-corrected chi connectivity index (χ1v) is 11.6. The number of ether oxygens (including phenoxy) is 1. The van der Waals surface area contributed by atoms with Crippen LogP contribution in [-0.4, -0.2) is 32.3 Å². The molecule has 0 aliphatic carbocycles. The van der Waals surface area contributed by atoms with Gasteiger partial charge in [0.15, 0.2) is 16.5 Å². The molecule has 2 N–H and O–H groups in total. The van der Waals surface area contributed by atoms with Crippen LogP contribution in [0, 0.1) is 4.77 Å². The molecule has 0 atom stereocenters. The molecule has 9 heteroatoms. The van der Waals surface area contributed by atoms with E-state index in [0.29, 0.717) is 28.6 Å². The number of carbonyl (C=O) groups excluding carboxylic acids is 1. The summed E-state index contributed by atoms with van der Waals surface area (Å²) in [7, 11) is 0. The molecule has 0 saturated heterocycles. The number of thiazole rings is 1. The normalized spacial score (nSPS) is 10.7. The van der Waals surface area contributed by atoms with Crippen LogP contribution in [0.3, 0.4) is 0 Å². The van der Waals surface area contributed by atoms with E-state index in [1.807, 2.05) is 52.4 Å². The number of hydrogen-bond acceptors (Lipinski definition) is 6. The summed E-state index contributed by atoms with van der Waals surface area (Å²) in [5, 5.41) is 12.3. The van der Waals surface area contributed by atoms with Crippen molar-refractivity contribution in [2.45, 2.75) is 19.4 Å². The molecule has 168 valence electrons. The Morgan fingerprint density at radius 2 is 1.97 bits per heavy atom. The van der Waals surface area contributed by atoms with Crippen LogP contribution in [0.5, 0.6) is 5.75 Å². The third-order valence-electron chi connectivity index (χ3n) is 4.86. The predicted octanol–water partition coefficient (Wildman–Crippen LogP) is 4.78. The topological polar surface area (TPSA) is 84.8 Å². The molecule has 0 fully saturated rings. The second kappa shape index (κ2) is 10.8. The highest BCUT2D eigenvalue weighted by atomic mass is 32.1. The largest absolute Gasteiger partial charge is 0.483 e. The lowest BCUT2D eigenvalue weighted by atomic mass is 10.0. The Balaban J connectivity index is 1.34. The first-order chi connectivity index (χ1) is 16.1. The van der Waals surface area contributed by atoms with Crippen LogP contribution in [-0.2, 0) is 24.2 Å². The SMILES string of the molecule is C=CCn1c(Cc2csc(NC(=O)COc3ccccc3Cc3ccccc3)n2)n[nH]c1=S. The predicted molar refractivity (Wildman–Crippen MR) is 132 cm³/mol. The van der Waals surface area contributed by atoms with Crippen molar-refractivity contribution < 1.29 is 9.53 Å². The van der Waals surface area contributed by atoms with Crippen LogP contribution in [0.25, 0.3) is 0 Å². The van der Waals surface area contributed by atoms with Crippen molar-refractivity contribution in [3.8, 4) is 5.75 Å². The number of benzene rings is 2. The van der Waals surface area contributed by atoms with Crippen molar-refractivity contribution in [1.29, 1.82) is 0 Å². The van der Waals surface area contributed by atoms with Gasteiger partial charge in [-0.25, -0.2) is 4.98 Å². The molecule has 0 unspecified atom stereocenters. The summed E-state index contributed by atoms with van der Waals surface area (Å²) in [6.07, 6.45) is 3.00. The van der Waals surface area contributed by atoms with Crippen molar-refractivity contribution in [1.82, 2.24) is 19.7 Å². The van der Waals surface area contributed by atoms with Gasteiger partial charge in [-0.05, 0) is 29.4 Å². The minimum absolute atomic E-state index is 0.0985. The van der Waals surface area contributed by atoms with Gasteiger partial charge in [-0.1, -0.05) is 54.6 Å². The molecule has 0 spiro atoms. The van der Waals surface area contributed by atoms with E-state index in [9.17, 15) is 4.79 Å². The molecule has 0 aliphatic rings. The first kappa shape index (κ1) is 22.6. The number of anilines is 1. The Labute approximate surface area is 200 Å². The number of hydrogen-bond donors (Lipinski definition) is 2. The molecular weight excluding hydrogens is 454 g/mol. The number of allylic oxidation sites excluding steroid dienone is 1. The highest BCUT2D eigenvalue weighted by Crippen LogP contribution is 2.22. The van der Waals surface area contributed by atoms with Gasteiger partial charge in [0.2, 0.25) is 0 Å². The number of para-hydroxylation sites is 1. The molecule has 0 bridgehead atoms. The Hall–Kier alpha value is -3.56. The first-order valence-electron chi connectivity index (χ1n) is 10.4. The summed E-state index contributed by atoms with van der Waals surface area (Å²) in [5.41, 5.74) is 3.01. The summed E-state index contributed by atoms with van der Waals surface area (Å²) in [6.45, 7) is 4.22. The smallest absolute Gasteiger partial charge is 0.264 e. The third kappa shape index (κ3) is 6.03. The van der Waals surface area contributed by atoms with Gasteiger partial charge in [0.05, 0.1) is 12.1 Å². The molecule has 1 amide bonds. The monoisotopic (exact) mass is 477 g/mol. The summed E-state index contributed by atoms with van der Waals surface area (Å²) in [6, 6.07) is 17.9. The van der Waals surface area contributed by atoms with Crippen LogP contribution >= 0.6 is 23.6 Å². The van der Waals surface area contributed by atoms with Crippen molar-refractivity contribution in [2.75, 3.05) is 11.9 Å². The number of carbonyl (C=O) groups is 1. The summed E-state index contributed by atoms with van der Waals surface area (Å²) in [4.78, 5) is 16.9. The highest BCUT2D eigenvalue weighted by molar-refractivity contribution is 7.71. The molecule has 0 radical (unpaired) electrons. The standard InChI is InChI=1S/C24H23N5O2S2/c1-2-12-29-21(27-28-24(29)32)14-19-16-33-23(25-19)26-22(30)15-31-20-11-7-6-10-18(20)13-17-8-4-3-5-9-17/h2-11,16H,1,12-15H2,(H,28,32)(H,25,26,30). The number of amides is 1. The van der Waals surface area contributed by atoms with Crippen LogP contribution < -0.4 is 10.1 Å². The Bertz CT molecular complexity index is 1290. The van der Waals surface area contributed by atoms with Crippen LogP contribution in [0.2, 0.25) is 0 Å². The van der Waals surface area contributed by atoms with E-state index in [1.165, 1.54) is 16.9 Å². The fourth-order valence-electron chi connectivity index (χ4n) is 3.32. The van der Waals surface area contributed by atoms with Gasteiger partial charge in [0, 0.05) is 18.3 Å². The average Bonchev–Trinajstić information content (AvgIpc) is 3.41. The van der Waals surface area contributed by atoms with Gasteiger partial charge in [0.25, 0.3) is 5.91 Å². The Morgan fingerprint density at radius 1 is 1.18 bits per heavy atom. The van der Waals surface area contributed by atoms with E-state index in [4.69, 9.17) is 17.0 Å². The van der Waals surface area contributed by atoms with Crippen molar-refractivity contribution in [3.05, 3.63) is 100 Å². The van der Waals surface area contributed by atoms with E-state index in [-0.39, 0.29) is 12.5 Å². The maximum Gasteiger partial charge on any atom is 0.264 e. The minimum atomic E-state index is -0.264. The van der Waals surface area contributed by atoms with E-state index in [1.54, 1.807) is 6.08 Å². The lowest BCUT2D eigenvalue weighted by Gasteiger charge is -2.11. The number of aromatic amines is 1. The maximum absolute atomic E-state index is 12.4. The average molecular weight is 478 g/mol. The molecule has 2 aromatic carbocycles. The second-order valence-electron chi connectivity index (χ2n) is 7.27. The molecule has 2 heterocycles. The molecule has 33 heavy (non-hydrogen) atoms. The molecule has 2 aromatic heterocycles. The summed E-state index contributed by atoms with van der Waals surface area (Å²) < 4.78 is 8.22. The molecular formula is C24H23N5O2S2. The minimum Gasteiger partial charge on any atom is -0.483 e. The van der Waals surface area contributed by atoms with Gasteiger partial charge < -0.3 is 4.74 Å². The molecule has 0 saturated carbocycles. The number of aromatic nitrogens is 4. The van der Waals surface area contributed by atoms with Crippen molar-refractivity contribution >= 4 is 34.6 Å². The lowest BCUT2D eigenvalue weighted by molar-refractivity contribution is -0.118. The zero-order valence-electron chi connectivity index (χ0n) is 17.9. The van der Waals surface area contributed by atoms with Crippen LogP contribution in [0.4, 0.5) is 5.13 Å². The van der Waals surface area contributed by atoms with Crippen LogP contribution in [0.1, 0.15) is 22.6 Å². The van der Waals surface area contributed by atoms with Crippen LogP contribution in [0.15, 0.2) is 72.6 Å². The Morgan fingerprint density at radius 3 is 2.79 bits per heavy atom. The van der Waals surface area contributed by atoms with Gasteiger partial charge >= 0.3 is 0 Å². The van der Waals surface area contributed by atoms with E-state index < -0.39 is 0 Å². The van der Waals surface area contributed by atoms with E-state index in [2.05, 4.69) is 39.2 Å². The van der Waals surface area contributed by atoms with E-state index in [0.717, 1.165) is 23.5 Å². The number of nitrogens with one attached hydrogen (secondary N) is 2. The lowest BCUT2D eigenvalue weighted by Crippen LogP contribution is -2.20. The van der Waals surface area contributed by atoms with E-state index >= 15 is 0 Å². The zero-order valence-corrected chi connectivity index (χ0v) is 19.5. The number of H-pyrrole nitrogens is 1. The summed E-state index contributed by atoms with van der Waals surface area (Å²) in [5.74, 6) is 1.20. The van der Waals surface area contributed by atoms with Crippen molar-refractivity contribution in [3.63, 3.8) is 0 Å². The van der Waals surface area contributed by atoms with Gasteiger partial charge in [-0.3, -0.25) is 19.8 Å². The fraction of sp³-hybridized carbons (Fsp3) is 0.167. The molecule has 4 aromatic rings. The van der Waals surface area contributed by atoms with Gasteiger partial charge in [-0.2, -0.15) is 5.10 Å². The second-order valence-corrected chi connectivity index (χ2v) is 8.52. The molecule has 0 aliphatic heterocycles.